The number of aromatic nitrogens is 3. The van der Waals surface area contributed by atoms with Crippen LogP contribution in [0, 0.1) is 0 Å². The fourth-order valence-corrected chi connectivity index (χ4v) is 2.73. The summed E-state index contributed by atoms with van der Waals surface area (Å²) >= 11 is 7.28. The Morgan fingerprint density at radius 1 is 1.43 bits per heavy atom. The Morgan fingerprint density at radius 2 is 2.17 bits per heavy atom. The summed E-state index contributed by atoms with van der Waals surface area (Å²) in [5, 5.41) is 11.2. The van der Waals surface area contributed by atoms with E-state index in [1.807, 2.05) is 31.2 Å². The summed E-state index contributed by atoms with van der Waals surface area (Å²) in [7, 11) is 0. The summed E-state index contributed by atoms with van der Waals surface area (Å²) in [6, 6.07) is 7.38. The standard InChI is InChI=1S/C16H21ClN4OS/c1-10(11-6-5-7-12(17)8-11)18-13(22)9-23-15-19-14(20-21-15)16(2,3)4/h5-8,10H,9H2,1-4H3,(H,18,22)(H,19,20,21). The Balaban J connectivity index is 1.86. The van der Waals surface area contributed by atoms with Crippen LogP contribution in [0.1, 0.15) is 45.1 Å². The molecule has 1 amide bonds. The molecule has 124 valence electrons. The topological polar surface area (TPSA) is 70.7 Å². The van der Waals surface area contributed by atoms with Gasteiger partial charge in [-0.3, -0.25) is 9.89 Å². The second-order valence-electron chi connectivity index (χ2n) is 6.35. The molecule has 0 radical (unpaired) electrons. The van der Waals surface area contributed by atoms with Gasteiger partial charge in [-0.1, -0.05) is 56.3 Å². The van der Waals surface area contributed by atoms with E-state index in [2.05, 4.69) is 41.3 Å². The molecule has 2 N–H and O–H groups in total. The summed E-state index contributed by atoms with van der Waals surface area (Å²) in [5.74, 6) is 1.02. The number of carbonyl (C=O) groups is 1. The van der Waals surface area contributed by atoms with Gasteiger partial charge < -0.3 is 5.32 Å². The van der Waals surface area contributed by atoms with Gasteiger partial charge in [-0.15, -0.1) is 5.10 Å². The third-order valence-corrected chi connectivity index (χ3v) is 4.32. The highest BCUT2D eigenvalue weighted by Gasteiger charge is 2.19. The van der Waals surface area contributed by atoms with Gasteiger partial charge in [0.05, 0.1) is 11.8 Å². The van der Waals surface area contributed by atoms with E-state index >= 15 is 0 Å². The van der Waals surface area contributed by atoms with Crippen molar-refractivity contribution in [2.24, 2.45) is 0 Å². The molecular weight excluding hydrogens is 332 g/mol. The first-order valence-corrected chi connectivity index (χ1v) is 8.72. The molecule has 0 aliphatic heterocycles. The number of carbonyl (C=O) groups excluding carboxylic acids is 1. The number of H-pyrrole nitrogens is 1. The second-order valence-corrected chi connectivity index (χ2v) is 7.73. The van der Waals surface area contributed by atoms with E-state index < -0.39 is 0 Å². The zero-order valence-corrected chi connectivity index (χ0v) is 15.3. The average molecular weight is 353 g/mol. The van der Waals surface area contributed by atoms with Crippen LogP contribution in [-0.2, 0) is 10.2 Å². The number of halogens is 1. The zero-order valence-electron chi connectivity index (χ0n) is 13.7. The van der Waals surface area contributed by atoms with Crippen LogP contribution in [0.5, 0.6) is 0 Å². The Hall–Kier alpha value is -1.53. The number of hydrogen-bond donors (Lipinski definition) is 2. The van der Waals surface area contributed by atoms with E-state index in [4.69, 9.17) is 11.6 Å². The molecule has 5 nitrogen and oxygen atoms in total. The van der Waals surface area contributed by atoms with E-state index in [1.54, 1.807) is 0 Å². The van der Waals surface area contributed by atoms with Gasteiger partial charge in [0.25, 0.3) is 0 Å². The predicted molar refractivity (Wildman–Crippen MR) is 93.8 cm³/mol. The molecule has 1 aromatic heterocycles. The number of nitrogens with zero attached hydrogens (tertiary/aromatic N) is 2. The van der Waals surface area contributed by atoms with E-state index in [0.29, 0.717) is 10.2 Å². The molecule has 1 heterocycles. The van der Waals surface area contributed by atoms with Crippen molar-refractivity contribution in [2.45, 2.75) is 44.3 Å². The fraction of sp³-hybridized carbons (Fsp3) is 0.438. The number of rotatable bonds is 5. The molecule has 1 aromatic carbocycles. The minimum Gasteiger partial charge on any atom is -0.349 e. The maximum atomic E-state index is 12.1. The molecule has 1 atom stereocenters. The molecule has 1 unspecified atom stereocenters. The Morgan fingerprint density at radius 3 is 2.78 bits per heavy atom. The number of benzene rings is 1. The largest absolute Gasteiger partial charge is 0.349 e. The third-order valence-electron chi connectivity index (χ3n) is 3.23. The lowest BCUT2D eigenvalue weighted by atomic mass is 9.96. The lowest BCUT2D eigenvalue weighted by Gasteiger charge is -2.14. The fourth-order valence-electron chi connectivity index (χ4n) is 1.92. The number of hydrogen-bond acceptors (Lipinski definition) is 4. The summed E-state index contributed by atoms with van der Waals surface area (Å²) in [5.41, 5.74) is 0.888. The molecule has 0 aliphatic carbocycles. The average Bonchev–Trinajstić information content (AvgIpc) is 2.94. The highest BCUT2D eigenvalue weighted by Crippen LogP contribution is 2.21. The normalized spacial score (nSPS) is 12.9. The summed E-state index contributed by atoms with van der Waals surface area (Å²) in [4.78, 5) is 16.5. The van der Waals surface area contributed by atoms with Crippen molar-refractivity contribution in [3.05, 3.63) is 40.7 Å². The zero-order chi connectivity index (χ0) is 17.0. The molecule has 2 aromatic rings. The number of nitrogens with one attached hydrogen (secondary N) is 2. The van der Waals surface area contributed by atoms with Gasteiger partial charge in [0.1, 0.15) is 5.82 Å². The van der Waals surface area contributed by atoms with Gasteiger partial charge in [-0.05, 0) is 24.6 Å². The van der Waals surface area contributed by atoms with Gasteiger partial charge in [0.2, 0.25) is 11.1 Å². The Bertz CT molecular complexity index is 681. The van der Waals surface area contributed by atoms with Crippen LogP contribution in [-0.4, -0.2) is 26.8 Å². The van der Waals surface area contributed by atoms with Gasteiger partial charge in [-0.25, -0.2) is 4.98 Å². The van der Waals surface area contributed by atoms with Gasteiger partial charge in [-0.2, -0.15) is 0 Å². The first-order valence-electron chi connectivity index (χ1n) is 7.36. The highest BCUT2D eigenvalue weighted by molar-refractivity contribution is 7.99. The van der Waals surface area contributed by atoms with Gasteiger partial charge >= 0.3 is 0 Å². The number of amides is 1. The van der Waals surface area contributed by atoms with Crippen molar-refractivity contribution in [1.29, 1.82) is 0 Å². The van der Waals surface area contributed by atoms with Crippen molar-refractivity contribution in [3.8, 4) is 0 Å². The van der Waals surface area contributed by atoms with Crippen LogP contribution in [0.3, 0.4) is 0 Å². The summed E-state index contributed by atoms with van der Waals surface area (Å²) < 4.78 is 0. The molecule has 0 bridgehead atoms. The molecule has 2 rings (SSSR count). The second kappa shape index (κ2) is 7.36. The molecule has 7 heteroatoms. The monoisotopic (exact) mass is 352 g/mol. The number of thioether (sulfide) groups is 1. The van der Waals surface area contributed by atoms with Crippen molar-refractivity contribution in [3.63, 3.8) is 0 Å². The SMILES string of the molecule is CC(NC(=O)CSc1n[nH]c(C(C)(C)C)n1)c1cccc(Cl)c1. The van der Waals surface area contributed by atoms with Crippen LogP contribution >= 0.6 is 23.4 Å². The molecule has 0 saturated carbocycles. The lowest BCUT2D eigenvalue weighted by Crippen LogP contribution is -2.28. The predicted octanol–water partition coefficient (Wildman–Crippen LogP) is 3.73. The molecule has 0 spiro atoms. The van der Waals surface area contributed by atoms with Crippen molar-refractivity contribution in [2.75, 3.05) is 5.75 Å². The molecule has 0 saturated heterocycles. The maximum Gasteiger partial charge on any atom is 0.230 e. The van der Waals surface area contributed by atoms with Gasteiger partial charge in [0.15, 0.2) is 0 Å². The molecule has 0 fully saturated rings. The quantitative estimate of drug-likeness (QED) is 0.804. The van der Waals surface area contributed by atoms with Gasteiger partial charge in [0, 0.05) is 10.4 Å². The lowest BCUT2D eigenvalue weighted by molar-refractivity contribution is -0.119. The van der Waals surface area contributed by atoms with Crippen LogP contribution in [0.15, 0.2) is 29.4 Å². The van der Waals surface area contributed by atoms with Crippen LogP contribution in [0.2, 0.25) is 5.02 Å². The van der Waals surface area contributed by atoms with E-state index in [1.165, 1.54) is 11.8 Å². The van der Waals surface area contributed by atoms with Crippen LogP contribution < -0.4 is 5.32 Å². The molecular formula is C16H21ClN4OS. The maximum absolute atomic E-state index is 12.1. The van der Waals surface area contributed by atoms with E-state index in [0.717, 1.165) is 11.4 Å². The van der Waals surface area contributed by atoms with Crippen LogP contribution in [0.4, 0.5) is 0 Å². The first kappa shape index (κ1) is 17.8. The summed E-state index contributed by atoms with van der Waals surface area (Å²) in [6.45, 7) is 8.10. The van der Waals surface area contributed by atoms with E-state index in [-0.39, 0.29) is 23.1 Å². The Labute approximate surface area is 145 Å². The first-order chi connectivity index (χ1) is 10.8. The van der Waals surface area contributed by atoms with Crippen LogP contribution in [0.25, 0.3) is 0 Å². The number of aromatic amines is 1. The van der Waals surface area contributed by atoms with E-state index in [9.17, 15) is 4.79 Å². The molecule has 0 aliphatic rings. The van der Waals surface area contributed by atoms with Crippen molar-refractivity contribution < 1.29 is 4.79 Å². The molecule has 23 heavy (non-hydrogen) atoms. The van der Waals surface area contributed by atoms with Crippen molar-refractivity contribution >= 4 is 29.3 Å². The minimum absolute atomic E-state index is 0.0652. The highest BCUT2D eigenvalue weighted by atomic mass is 35.5. The minimum atomic E-state index is -0.0981. The Kier molecular flexibility index (Phi) is 5.70. The third kappa shape index (κ3) is 5.25. The summed E-state index contributed by atoms with van der Waals surface area (Å²) in [6.07, 6.45) is 0. The smallest absolute Gasteiger partial charge is 0.230 e. The van der Waals surface area contributed by atoms with Crippen molar-refractivity contribution in [1.82, 2.24) is 20.5 Å².